The van der Waals surface area contributed by atoms with Crippen LogP contribution in [0.5, 0.6) is 5.75 Å². The fourth-order valence-corrected chi connectivity index (χ4v) is 3.50. The quantitative estimate of drug-likeness (QED) is 0.732. The molecule has 0 aliphatic heterocycles. The van der Waals surface area contributed by atoms with Crippen LogP contribution in [0.25, 0.3) is 22.5 Å². The molecule has 0 aliphatic carbocycles. The van der Waals surface area contributed by atoms with Crippen LogP contribution in [-0.4, -0.2) is 33.0 Å². The second-order valence-electron chi connectivity index (χ2n) is 6.91. The molecule has 0 bridgehead atoms. The summed E-state index contributed by atoms with van der Waals surface area (Å²) in [6.07, 6.45) is 1.72. The zero-order valence-corrected chi connectivity index (χ0v) is 16.0. The molecule has 1 N–H and O–H groups in total. The van der Waals surface area contributed by atoms with Gasteiger partial charge in [-0.15, -0.1) is 11.3 Å². The molecule has 7 heteroatoms. The fourth-order valence-electron chi connectivity index (χ4n) is 2.72. The molecule has 26 heavy (non-hydrogen) atoms. The average molecular weight is 371 g/mol. The van der Waals surface area contributed by atoms with Gasteiger partial charge in [-0.1, -0.05) is 0 Å². The number of hydrogen-bond acceptors (Lipinski definition) is 5. The van der Waals surface area contributed by atoms with E-state index < -0.39 is 5.97 Å². The zero-order valence-electron chi connectivity index (χ0n) is 15.2. The Balaban J connectivity index is 2.12. The first-order valence-corrected chi connectivity index (χ1v) is 9.07. The Kier molecular flexibility index (Phi) is 4.82. The molecular formula is C19H21N3O3S. The van der Waals surface area contributed by atoms with Crippen molar-refractivity contribution in [2.45, 2.75) is 32.7 Å². The number of methoxy groups -OCH3 is 1. The van der Waals surface area contributed by atoms with E-state index in [0.29, 0.717) is 5.01 Å². The predicted molar refractivity (Wildman–Crippen MR) is 102 cm³/mol. The van der Waals surface area contributed by atoms with E-state index in [-0.39, 0.29) is 12.0 Å². The number of carboxylic acid groups (broad SMARTS) is 1. The highest BCUT2D eigenvalue weighted by Crippen LogP contribution is 2.36. The van der Waals surface area contributed by atoms with Crippen molar-refractivity contribution in [1.29, 1.82) is 0 Å². The Labute approximate surface area is 156 Å². The van der Waals surface area contributed by atoms with Gasteiger partial charge in [0.15, 0.2) is 0 Å². The Hall–Kier alpha value is -2.67. The van der Waals surface area contributed by atoms with Crippen molar-refractivity contribution in [1.82, 2.24) is 14.8 Å². The van der Waals surface area contributed by atoms with Crippen molar-refractivity contribution in [3.8, 4) is 28.3 Å². The highest BCUT2D eigenvalue weighted by molar-refractivity contribution is 7.10. The number of thiazole rings is 1. The Morgan fingerprint density at radius 2 is 1.96 bits per heavy atom. The Morgan fingerprint density at radius 1 is 1.27 bits per heavy atom. The second-order valence-corrected chi connectivity index (χ2v) is 7.86. The molecular weight excluding hydrogens is 350 g/mol. The first kappa shape index (κ1) is 18.1. The summed E-state index contributed by atoms with van der Waals surface area (Å²) in [6, 6.07) is 7.81. The van der Waals surface area contributed by atoms with Crippen LogP contribution in [-0.2, 0) is 16.8 Å². The van der Waals surface area contributed by atoms with Crippen LogP contribution in [0, 0.1) is 0 Å². The van der Waals surface area contributed by atoms with Gasteiger partial charge in [0, 0.05) is 16.5 Å². The van der Waals surface area contributed by atoms with Gasteiger partial charge in [0.25, 0.3) is 0 Å². The molecule has 0 spiro atoms. The summed E-state index contributed by atoms with van der Waals surface area (Å²) < 4.78 is 7.22. The van der Waals surface area contributed by atoms with Crippen LogP contribution < -0.4 is 4.74 Å². The molecule has 1 aromatic carbocycles. The van der Waals surface area contributed by atoms with Gasteiger partial charge in [0.05, 0.1) is 36.7 Å². The standard InChI is InChI=1S/C19H21N3O3S/c1-19(2,3)22-18(12-5-7-13(25-4)8-6-12)14(10-20-22)15-11-26-16(21-15)9-17(23)24/h5-8,10-11H,9H2,1-4H3,(H,23,24). The van der Waals surface area contributed by atoms with E-state index in [1.165, 1.54) is 11.3 Å². The molecule has 0 radical (unpaired) electrons. The summed E-state index contributed by atoms with van der Waals surface area (Å²) in [5.74, 6) is -0.0961. The van der Waals surface area contributed by atoms with Crippen molar-refractivity contribution in [3.63, 3.8) is 0 Å². The SMILES string of the molecule is COc1ccc(-c2c(-c3csc(CC(=O)O)n3)cnn2C(C)(C)C)cc1. The zero-order chi connectivity index (χ0) is 18.9. The first-order chi connectivity index (χ1) is 12.3. The van der Waals surface area contributed by atoms with Crippen LogP contribution in [0.4, 0.5) is 0 Å². The summed E-state index contributed by atoms with van der Waals surface area (Å²) in [5, 5.41) is 16.0. The van der Waals surface area contributed by atoms with E-state index >= 15 is 0 Å². The van der Waals surface area contributed by atoms with Crippen molar-refractivity contribution >= 4 is 17.3 Å². The first-order valence-electron chi connectivity index (χ1n) is 8.19. The van der Waals surface area contributed by atoms with E-state index in [2.05, 4.69) is 30.9 Å². The molecule has 2 aromatic heterocycles. The normalized spacial score (nSPS) is 11.5. The van der Waals surface area contributed by atoms with E-state index in [4.69, 9.17) is 9.84 Å². The maximum atomic E-state index is 10.9. The largest absolute Gasteiger partial charge is 0.497 e. The van der Waals surface area contributed by atoms with Crippen LogP contribution in [0.3, 0.4) is 0 Å². The summed E-state index contributed by atoms with van der Waals surface area (Å²) in [4.78, 5) is 15.4. The van der Waals surface area contributed by atoms with Gasteiger partial charge in [-0.2, -0.15) is 5.10 Å². The minimum Gasteiger partial charge on any atom is -0.497 e. The van der Waals surface area contributed by atoms with E-state index in [1.54, 1.807) is 13.3 Å². The third-order valence-electron chi connectivity index (χ3n) is 3.90. The Morgan fingerprint density at radius 3 is 2.54 bits per heavy atom. The second kappa shape index (κ2) is 6.92. The highest BCUT2D eigenvalue weighted by Gasteiger charge is 2.24. The predicted octanol–water partition coefficient (Wildman–Crippen LogP) is 4.06. The number of aliphatic carboxylic acids is 1. The van der Waals surface area contributed by atoms with Crippen molar-refractivity contribution in [2.24, 2.45) is 0 Å². The molecule has 0 atom stereocenters. The van der Waals surface area contributed by atoms with Gasteiger partial charge in [0.2, 0.25) is 0 Å². The number of benzene rings is 1. The van der Waals surface area contributed by atoms with Crippen LogP contribution in [0.1, 0.15) is 25.8 Å². The number of nitrogens with zero attached hydrogens (tertiary/aromatic N) is 3. The molecule has 0 unspecified atom stereocenters. The third kappa shape index (κ3) is 3.62. The van der Waals surface area contributed by atoms with Crippen LogP contribution in [0.2, 0.25) is 0 Å². The molecule has 3 aromatic rings. The number of rotatable bonds is 5. The maximum absolute atomic E-state index is 10.9. The van der Waals surface area contributed by atoms with Crippen molar-refractivity contribution in [2.75, 3.05) is 7.11 Å². The van der Waals surface area contributed by atoms with E-state index in [9.17, 15) is 4.79 Å². The average Bonchev–Trinajstić information content (AvgIpc) is 3.20. The van der Waals surface area contributed by atoms with E-state index in [1.807, 2.05) is 34.3 Å². The fraction of sp³-hybridized carbons (Fsp3) is 0.316. The van der Waals surface area contributed by atoms with Gasteiger partial charge in [-0.25, -0.2) is 4.98 Å². The van der Waals surface area contributed by atoms with Gasteiger partial charge in [-0.3, -0.25) is 9.48 Å². The molecule has 0 amide bonds. The summed E-state index contributed by atoms with van der Waals surface area (Å²) in [5.41, 5.74) is 3.37. The molecule has 0 saturated carbocycles. The molecule has 0 saturated heterocycles. The lowest BCUT2D eigenvalue weighted by Crippen LogP contribution is -2.24. The molecule has 2 heterocycles. The number of carboxylic acids is 1. The third-order valence-corrected chi connectivity index (χ3v) is 4.75. The maximum Gasteiger partial charge on any atom is 0.310 e. The van der Waals surface area contributed by atoms with E-state index in [0.717, 1.165) is 28.3 Å². The lowest BCUT2D eigenvalue weighted by Gasteiger charge is -2.23. The Bertz CT molecular complexity index is 920. The lowest BCUT2D eigenvalue weighted by molar-refractivity contribution is -0.136. The molecule has 3 rings (SSSR count). The van der Waals surface area contributed by atoms with Crippen LogP contribution in [0.15, 0.2) is 35.8 Å². The lowest BCUT2D eigenvalue weighted by atomic mass is 10.0. The number of carbonyl (C=O) groups is 1. The summed E-state index contributed by atoms with van der Waals surface area (Å²) in [6.45, 7) is 6.27. The number of ether oxygens (including phenoxy) is 1. The van der Waals surface area contributed by atoms with Crippen molar-refractivity contribution in [3.05, 3.63) is 40.8 Å². The van der Waals surface area contributed by atoms with Crippen molar-refractivity contribution < 1.29 is 14.6 Å². The van der Waals surface area contributed by atoms with Gasteiger partial charge >= 0.3 is 5.97 Å². The number of aromatic nitrogens is 3. The topological polar surface area (TPSA) is 77.2 Å². The molecule has 0 aliphatic rings. The van der Waals surface area contributed by atoms with Gasteiger partial charge < -0.3 is 9.84 Å². The molecule has 136 valence electrons. The van der Waals surface area contributed by atoms with Gasteiger partial charge in [-0.05, 0) is 45.0 Å². The highest BCUT2D eigenvalue weighted by atomic mass is 32.1. The summed E-state index contributed by atoms with van der Waals surface area (Å²) in [7, 11) is 1.64. The monoisotopic (exact) mass is 371 g/mol. The van der Waals surface area contributed by atoms with Crippen LogP contribution >= 0.6 is 11.3 Å². The molecule has 6 nitrogen and oxygen atoms in total. The number of hydrogen-bond donors (Lipinski definition) is 1. The molecule has 0 fully saturated rings. The smallest absolute Gasteiger partial charge is 0.310 e. The van der Waals surface area contributed by atoms with Gasteiger partial charge in [0.1, 0.15) is 10.8 Å². The minimum atomic E-state index is -0.883. The minimum absolute atomic E-state index is 0.0735. The summed E-state index contributed by atoms with van der Waals surface area (Å²) >= 11 is 1.35.